The van der Waals surface area contributed by atoms with E-state index in [1.54, 1.807) is 0 Å². The van der Waals surface area contributed by atoms with Gasteiger partial charge in [0, 0.05) is 6.42 Å². The quantitative estimate of drug-likeness (QED) is 0.406. The van der Waals surface area contributed by atoms with Gasteiger partial charge in [-0.2, -0.15) is 0 Å². The Morgan fingerprint density at radius 3 is 2.67 bits per heavy atom. The summed E-state index contributed by atoms with van der Waals surface area (Å²) < 4.78 is 4.68. The lowest BCUT2D eigenvalue weighted by atomic mass is 9.73. The Morgan fingerprint density at radius 2 is 2.20 bits per heavy atom. The minimum Gasteiger partial charge on any atom is -0.468 e. The average molecular weight is 210 g/mol. The zero-order valence-corrected chi connectivity index (χ0v) is 9.58. The van der Waals surface area contributed by atoms with Crippen LogP contribution in [0.1, 0.15) is 26.7 Å². The molecule has 0 bridgehead atoms. The molecule has 0 aromatic heterocycles. The standard InChI is InChI=1S/C12H18O3/c1-5-12(2,3)8-6-7-9(13)10(8)11(14)15-4/h5,8,10H,1,6-7H2,2-4H3/t8-,10?/m0/s1. The molecule has 15 heavy (non-hydrogen) atoms. The van der Waals surface area contributed by atoms with Gasteiger partial charge in [0.2, 0.25) is 0 Å². The number of rotatable bonds is 3. The van der Waals surface area contributed by atoms with Gasteiger partial charge in [-0.1, -0.05) is 19.9 Å². The lowest BCUT2D eigenvalue weighted by molar-refractivity contribution is -0.151. The number of allylic oxidation sites excluding steroid dienone is 1. The zero-order valence-electron chi connectivity index (χ0n) is 9.58. The third-order valence-electron chi connectivity index (χ3n) is 3.39. The summed E-state index contributed by atoms with van der Waals surface area (Å²) in [4.78, 5) is 23.1. The van der Waals surface area contributed by atoms with Crippen LogP contribution in [-0.4, -0.2) is 18.9 Å². The van der Waals surface area contributed by atoms with Gasteiger partial charge in [-0.05, 0) is 17.8 Å². The van der Waals surface area contributed by atoms with Crippen molar-refractivity contribution in [1.82, 2.24) is 0 Å². The summed E-state index contributed by atoms with van der Waals surface area (Å²) in [6.45, 7) is 7.76. The van der Waals surface area contributed by atoms with Crippen LogP contribution >= 0.6 is 0 Å². The van der Waals surface area contributed by atoms with E-state index in [4.69, 9.17) is 0 Å². The average Bonchev–Trinajstić information content (AvgIpc) is 2.59. The molecule has 3 nitrogen and oxygen atoms in total. The van der Waals surface area contributed by atoms with Crippen molar-refractivity contribution < 1.29 is 14.3 Å². The van der Waals surface area contributed by atoms with E-state index in [0.717, 1.165) is 6.42 Å². The van der Waals surface area contributed by atoms with E-state index < -0.39 is 11.9 Å². The molecular formula is C12H18O3. The smallest absolute Gasteiger partial charge is 0.316 e. The van der Waals surface area contributed by atoms with E-state index in [-0.39, 0.29) is 17.1 Å². The Labute approximate surface area is 90.5 Å². The molecule has 0 spiro atoms. The van der Waals surface area contributed by atoms with Gasteiger partial charge in [0.25, 0.3) is 0 Å². The Kier molecular flexibility index (Phi) is 3.32. The number of methoxy groups -OCH3 is 1. The summed E-state index contributed by atoms with van der Waals surface area (Å²) in [7, 11) is 1.33. The second-order valence-electron chi connectivity index (χ2n) is 4.64. The molecule has 1 saturated carbocycles. The van der Waals surface area contributed by atoms with Crippen LogP contribution in [0, 0.1) is 17.3 Å². The van der Waals surface area contributed by atoms with Crippen LogP contribution in [0.3, 0.4) is 0 Å². The number of hydrogen-bond donors (Lipinski definition) is 0. The molecule has 0 aromatic rings. The first-order chi connectivity index (χ1) is 6.94. The Bertz CT molecular complexity index is 291. The maximum Gasteiger partial charge on any atom is 0.316 e. The van der Waals surface area contributed by atoms with Crippen LogP contribution < -0.4 is 0 Å². The van der Waals surface area contributed by atoms with Gasteiger partial charge in [-0.15, -0.1) is 6.58 Å². The topological polar surface area (TPSA) is 43.4 Å². The van der Waals surface area contributed by atoms with Gasteiger partial charge in [0.1, 0.15) is 11.7 Å². The largest absolute Gasteiger partial charge is 0.468 e. The van der Waals surface area contributed by atoms with Crippen molar-refractivity contribution in [1.29, 1.82) is 0 Å². The molecule has 0 heterocycles. The van der Waals surface area contributed by atoms with E-state index >= 15 is 0 Å². The third kappa shape index (κ3) is 2.11. The summed E-state index contributed by atoms with van der Waals surface area (Å²) in [5.74, 6) is -0.975. The van der Waals surface area contributed by atoms with Gasteiger partial charge >= 0.3 is 5.97 Å². The van der Waals surface area contributed by atoms with Crippen molar-refractivity contribution >= 4 is 11.8 Å². The zero-order chi connectivity index (χ0) is 11.6. The number of Topliss-reactive ketones (excluding diaryl/α,β-unsaturated/α-hetero) is 1. The summed E-state index contributed by atoms with van der Waals surface area (Å²) in [6, 6.07) is 0. The fourth-order valence-electron chi connectivity index (χ4n) is 2.22. The predicted octanol–water partition coefficient (Wildman–Crippen LogP) is 1.97. The normalized spacial score (nSPS) is 26.5. The van der Waals surface area contributed by atoms with Crippen LogP contribution in [0.2, 0.25) is 0 Å². The number of ether oxygens (including phenoxy) is 1. The van der Waals surface area contributed by atoms with E-state index in [9.17, 15) is 9.59 Å². The highest BCUT2D eigenvalue weighted by molar-refractivity contribution is 6.01. The first-order valence-corrected chi connectivity index (χ1v) is 5.18. The molecule has 1 aliphatic rings. The second kappa shape index (κ2) is 4.17. The number of carbonyl (C=O) groups excluding carboxylic acids is 2. The van der Waals surface area contributed by atoms with E-state index in [1.165, 1.54) is 7.11 Å². The highest BCUT2D eigenvalue weighted by Gasteiger charge is 2.46. The van der Waals surface area contributed by atoms with E-state index in [0.29, 0.717) is 6.42 Å². The van der Waals surface area contributed by atoms with Gasteiger partial charge in [0.15, 0.2) is 0 Å². The van der Waals surface area contributed by atoms with Crippen LogP contribution in [0.15, 0.2) is 12.7 Å². The number of ketones is 1. The van der Waals surface area contributed by atoms with Gasteiger partial charge in [-0.25, -0.2) is 0 Å². The van der Waals surface area contributed by atoms with Gasteiger partial charge in [0.05, 0.1) is 7.11 Å². The van der Waals surface area contributed by atoms with Crippen LogP contribution in [-0.2, 0) is 14.3 Å². The molecule has 1 fully saturated rings. The molecule has 1 unspecified atom stereocenters. The van der Waals surface area contributed by atoms with Crippen LogP contribution in [0.5, 0.6) is 0 Å². The number of hydrogen-bond acceptors (Lipinski definition) is 3. The Balaban J connectivity index is 2.95. The van der Waals surface area contributed by atoms with Crippen molar-refractivity contribution in [3.63, 3.8) is 0 Å². The first kappa shape index (κ1) is 12.0. The minimum atomic E-state index is -0.594. The predicted molar refractivity (Wildman–Crippen MR) is 57.2 cm³/mol. The van der Waals surface area contributed by atoms with Crippen LogP contribution in [0.25, 0.3) is 0 Å². The lowest BCUT2D eigenvalue weighted by Crippen LogP contribution is -2.33. The van der Waals surface area contributed by atoms with Crippen molar-refractivity contribution in [2.75, 3.05) is 7.11 Å². The summed E-state index contributed by atoms with van der Waals surface area (Å²) >= 11 is 0. The SMILES string of the molecule is C=CC(C)(C)[C@H]1CCC(=O)C1C(=O)OC. The number of carbonyl (C=O) groups is 2. The molecule has 0 saturated heterocycles. The molecule has 0 amide bonds. The monoisotopic (exact) mass is 210 g/mol. The highest BCUT2D eigenvalue weighted by Crippen LogP contribution is 2.43. The molecule has 3 heteroatoms. The molecule has 1 rings (SSSR count). The van der Waals surface area contributed by atoms with Crippen molar-refractivity contribution in [3.8, 4) is 0 Å². The fourth-order valence-corrected chi connectivity index (χ4v) is 2.22. The summed E-state index contributed by atoms with van der Waals surface area (Å²) in [5, 5.41) is 0. The fraction of sp³-hybridized carbons (Fsp3) is 0.667. The second-order valence-corrected chi connectivity index (χ2v) is 4.64. The van der Waals surface area contributed by atoms with Crippen LogP contribution in [0.4, 0.5) is 0 Å². The Hall–Kier alpha value is -1.12. The molecule has 1 aliphatic carbocycles. The first-order valence-electron chi connectivity index (χ1n) is 5.18. The molecular weight excluding hydrogens is 192 g/mol. The lowest BCUT2D eigenvalue weighted by Gasteiger charge is -2.30. The molecule has 2 atom stereocenters. The summed E-state index contributed by atoms with van der Waals surface area (Å²) in [6.07, 6.45) is 3.03. The van der Waals surface area contributed by atoms with E-state index in [1.807, 2.05) is 19.9 Å². The maximum absolute atomic E-state index is 11.6. The summed E-state index contributed by atoms with van der Waals surface area (Å²) in [5.41, 5.74) is -0.203. The molecule has 84 valence electrons. The molecule has 0 radical (unpaired) electrons. The minimum absolute atomic E-state index is 0.00164. The van der Waals surface area contributed by atoms with Gasteiger partial charge in [-0.3, -0.25) is 9.59 Å². The van der Waals surface area contributed by atoms with Crippen molar-refractivity contribution in [3.05, 3.63) is 12.7 Å². The molecule has 0 aromatic carbocycles. The molecule has 0 aliphatic heterocycles. The molecule has 0 N–H and O–H groups in total. The van der Waals surface area contributed by atoms with Crippen molar-refractivity contribution in [2.24, 2.45) is 17.3 Å². The van der Waals surface area contributed by atoms with Crippen molar-refractivity contribution in [2.45, 2.75) is 26.7 Å². The van der Waals surface area contributed by atoms with Gasteiger partial charge < -0.3 is 4.74 Å². The highest BCUT2D eigenvalue weighted by atomic mass is 16.5. The maximum atomic E-state index is 11.6. The number of esters is 1. The van der Waals surface area contributed by atoms with E-state index in [2.05, 4.69) is 11.3 Å². The third-order valence-corrected chi connectivity index (χ3v) is 3.39. The Morgan fingerprint density at radius 1 is 1.60 bits per heavy atom.